The lowest BCUT2D eigenvalue weighted by Crippen LogP contribution is -2.32. The molecule has 524 valence electrons. The van der Waals surface area contributed by atoms with E-state index in [1.807, 2.05) is 48.0 Å². The minimum absolute atomic E-state index is 0.141. The van der Waals surface area contributed by atoms with Crippen LogP contribution in [0.4, 0.5) is 0 Å². The predicted molar refractivity (Wildman–Crippen MR) is 429 cm³/mol. The van der Waals surface area contributed by atoms with Gasteiger partial charge in [-0.05, 0) is 150 Å². The van der Waals surface area contributed by atoms with Crippen molar-refractivity contribution in [1.29, 1.82) is 0 Å². The zero-order valence-corrected chi connectivity index (χ0v) is 66.1. The number of rotatable bonds is 0. The summed E-state index contributed by atoms with van der Waals surface area (Å²) in [4.78, 5) is 13.1. The smallest absolute Gasteiger partial charge is 0.137 e. The number of hydrogen-bond donors (Lipinski definition) is 0. The lowest BCUT2D eigenvalue weighted by atomic mass is 9.85. The number of aryl methyl sites for hydroxylation is 4. The number of benzene rings is 7. The van der Waals surface area contributed by atoms with E-state index in [4.69, 9.17) is 8.83 Å². The molecule has 13 aromatic rings. The summed E-state index contributed by atoms with van der Waals surface area (Å²) >= 11 is 1.71. The largest absolute Gasteiger partial charge is 0.464 e. The number of fused-ring (bicyclic) bond motifs is 7. The molecule has 6 aromatic heterocycles. The second-order valence-corrected chi connectivity index (χ2v) is 35.3. The topological polar surface area (TPSA) is 78.7 Å². The van der Waals surface area contributed by atoms with Gasteiger partial charge in [0.05, 0.1) is 44.5 Å². The van der Waals surface area contributed by atoms with Crippen molar-refractivity contribution in [2.45, 2.75) is 195 Å². The van der Waals surface area contributed by atoms with Crippen molar-refractivity contribution in [3.8, 4) is 0 Å². The van der Waals surface area contributed by atoms with Gasteiger partial charge in [-0.2, -0.15) is 0 Å². The number of hydrogen-bond acceptors (Lipinski definition) is 6. The molecule has 1 aliphatic heterocycles. The van der Waals surface area contributed by atoms with Crippen LogP contribution in [0.5, 0.6) is 0 Å². The van der Waals surface area contributed by atoms with Crippen molar-refractivity contribution in [2.75, 3.05) is 6.67 Å². The van der Waals surface area contributed by atoms with E-state index < -0.39 is 0 Å². The van der Waals surface area contributed by atoms with Crippen LogP contribution < -0.4 is 10.7 Å². The van der Waals surface area contributed by atoms with E-state index in [1.54, 1.807) is 23.9 Å². The van der Waals surface area contributed by atoms with E-state index in [1.165, 1.54) is 76.1 Å². The van der Waals surface area contributed by atoms with E-state index in [-0.39, 0.29) is 21.7 Å². The zero-order valence-electron chi connectivity index (χ0n) is 65.2. The van der Waals surface area contributed by atoms with Crippen molar-refractivity contribution in [1.82, 2.24) is 18.7 Å². The molecule has 9 heteroatoms. The highest BCUT2D eigenvalue weighted by molar-refractivity contribution is 7.16. The van der Waals surface area contributed by atoms with Crippen LogP contribution in [0, 0.1) is 23.2 Å². The van der Waals surface area contributed by atoms with Crippen LogP contribution in [-0.2, 0) is 42.8 Å². The highest BCUT2D eigenvalue weighted by Crippen LogP contribution is 2.34. The van der Waals surface area contributed by atoms with E-state index in [9.17, 15) is 0 Å². The Morgan fingerprint density at radius 3 is 1.33 bits per heavy atom. The molecule has 98 heavy (non-hydrogen) atoms. The third kappa shape index (κ3) is 26.5. The molecule has 0 atom stereocenters. The van der Waals surface area contributed by atoms with Crippen molar-refractivity contribution >= 4 is 76.2 Å². The minimum Gasteiger partial charge on any atom is -0.464 e. The summed E-state index contributed by atoms with van der Waals surface area (Å²) in [6.45, 7) is 55.7. The van der Waals surface area contributed by atoms with Gasteiger partial charge in [0.25, 0.3) is 0 Å². The maximum absolute atomic E-state index is 5.53. The highest BCUT2D eigenvalue weighted by atomic mass is 32.1. The van der Waals surface area contributed by atoms with Crippen LogP contribution in [0.25, 0.3) is 64.9 Å². The first-order valence-electron chi connectivity index (χ1n) is 34.6. The molecule has 0 bridgehead atoms. The molecule has 0 saturated carbocycles. The van der Waals surface area contributed by atoms with Crippen molar-refractivity contribution in [2.24, 2.45) is 47.4 Å². The number of thiazole rings is 1. The fourth-order valence-electron chi connectivity index (χ4n) is 10.2. The summed E-state index contributed by atoms with van der Waals surface area (Å²) in [6.07, 6.45) is 9.74. The molecule has 1 aliphatic rings. The lowest BCUT2D eigenvalue weighted by Gasteiger charge is -2.20. The Hall–Kier alpha value is -8.27. The second kappa shape index (κ2) is 34.5. The fourth-order valence-corrected chi connectivity index (χ4v) is 10.9. The first kappa shape index (κ1) is 80.4. The van der Waals surface area contributed by atoms with Gasteiger partial charge in [0.2, 0.25) is 0 Å². The third-order valence-electron chi connectivity index (χ3n) is 14.6. The molecule has 0 fully saturated rings. The van der Waals surface area contributed by atoms with Gasteiger partial charge in [0, 0.05) is 67.1 Å². The van der Waals surface area contributed by atoms with Crippen LogP contribution in [-0.4, -0.2) is 25.4 Å². The molecule has 0 radical (unpaired) electrons. The van der Waals surface area contributed by atoms with E-state index in [2.05, 4.69) is 369 Å². The molecule has 0 unspecified atom stereocenters. The maximum atomic E-state index is 5.53. The molecule has 8 nitrogen and oxygen atoms in total. The average Bonchev–Trinajstić information content (AvgIpc) is 1.54. The van der Waals surface area contributed by atoms with Gasteiger partial charge < -0.3 is 22.5 Å². The number of para-hydroxylation sites is 6. The monoisotopic (exact) mass is 1340 g/mol. The summed E-state index contributed by atoms with van der Waals surface area (Å²) in [5.74, 6) is 0. The van der Waals surface area contributed by atoms with Gasteiger partial charge in [-0.1, -0.05) is 269 Å². The summed E-state index contributed by atoms with van der Waals surface area (Å²) in [5, 5.41) is 8.46. The van der Waals surface area contributed by atoms with Gasteiger partial charge in [-0.3, -0.25) is 9.98 Å². The molecule has 7 aromatic carbocycles. The van der Waals surface area contributed by atoms with Crippen molar-refractivity contribution < 1.29 is 8.83 Å². The maximum Gasteiger partial charge on any atom is 0.137 e. The molecule has 7 heterocycles. The fraction of sp³-hybridized carbons (Fsp3) is 0.404. The standard InChI is InChI=1S/C13H17N.C13H16O.C11H14N2.C11H13NS.2C9H9N.C8H6O.3C5H12/c1-13(2,3)11-7-5-6-10-8-9-14(4)12(10)11;1-9-7-10-5-6-14-12(10)11(8-9)13(2,3)4;1-11(2,3)8-5-4-6-9-10(8)13-7-12-9;1-11(2,3)8-5-4-6-9-10(8)12-7-13-9;2*1-10-7-6-8-4-2-3-5-9(8)10;1-2-4-8-7(3-1)5-6-9-8;3*1-5(2,3)4/h5-9H,1-4H3;5-8H,1-4H3;4-6H,7H2,1-3H3;4-7H,1-3H3;2*2-7H,1H3;1-6H;3*1-4H3. The SMILES string of the molecule is CC(C)(C)C.CC(C)(C)C.CC(C)(C)C.CC(C)(C)c1cccc2c1=NCN=2.CC(C)(C)c1cccc2scnc12.Cc1cc(C(C)(C)C)c2occc2c1.Cn1ccc2cccc(C(C)(C)C)c21.Cn1ccc2ccccc21.Cn1ccc2ccccc21.c1ccc2occc2c1. The molecule has 0 amide bonds. The van der Waals surface area contributed by atoms with Crippen molar-refractivity contribution in [3.05, 3.63) is 245 Å². The molecule has 0 aliphatic carbocycles. The number of nitrogens with zero attached hydrogens (tertiary/aromatic N) is 6. The molecular formula is C89H120N6O2S. The van der Waals surface area contributed by atoms with Gasteiger partial charge in [0.15, 0.2) is 0 Å². The summed E-state index contributed by atoms with van der Waals surface area (Å²) in [7, 11) is 6.22. The molecule has 0 N–H and O–H groups in total. The first-order valence-corrected chi connectivity index (χ1v) is 35.5. The number of furan rings is 2. The second-order valence-electron chi connectivity index (χ2n) is 34.4. The predicted octanol–water partition coefficient (Wildman–Crippen LogP) is 25.2. The quantitative estimate of drug-likeness (QED) is 0.152. The third-order valence-corrected chi connectivity index (χ3v) is 15.4. The van der Waals surface area contributed by atoms with Gasteiger partial charge >= 0.3 is 0 Å². The van der Waals surface area contributed by atoms with E-state index in [0.29, 0.717) is 22.9 Å². The van der Waals surface area contributed by atoms with Crippen LogP contribution in [0.2, 0.25) is 0 Å². The summed E-state index contributed by atoms with van der Waals surface area (Å²) in [6, 6.07) is 58.6. The first-order chi connectivity index (χ1) is 45.4. The highest BCUT2D eigenvalue weighted by Gasteiger charge is 2.21. The summed E-state index contributed by atoms with van der Waals surface area (Å²) < 4.78 is 18.4. The number of aromatic nitrogens is 4. The van der Waals surface area contributed by atoms with Crippen LogP contribution in [0.15, 0.2) is 225 Å². The average molecular weight is 1340 g/mol. The van der Waals surface area contributed by atoms with Gasteiger partial charge in [-0.25, -0.2) is 4.98 Å². The van der Waals surface area contributed by atoms with Crippen LogP contribution in [0.1, 0.15) is 194 Å². The normalized spacial score (nSPS) is 12.0. The Balaban J connectivity index is 0.000000200. The van der Waals surface area contributed by atoms with Crippen LogP contribution in [0.3, 0.4) is 0 Å². The van der Waals surface area contributed by atoms with E-state index in [0.717, 1.165) is 27.3 Å². The molecule has 14 rings (SSSR count). The summed E-state index contributed by atoms with van der Waals surface area (Å²) in [5.41, 5.74) is 17.9. The molecule has 0 saturated heterocycles. The Morgan fingerprint density at radius 2 is 0.806 bits per heavy atom. The van der Waals surface area contributed by atoms with Gasteiger partial charge in [0.1, 0.15) is 17.8 Å². The van der Waals surface area contributed by atoms with Crippen molar-refractivity contribution in [3.63, 3.8) is 0 Å². The van der Waals surface area contributed by atoms with Gasteiger partial charge in [-0.15, -0.1) is 11.3 Å². The Kier molecular flexibility index (Phi) is 28.3. The van der Waals surface area contributed by atoms with Crippen LogP contribution >= 0.6 is 11.3 Å². The zero-order chi connectivity index (χ0) is 73.2. The Bertz CT molecular complexity index is 4520. The Labute approximate surface area is 594 Å². The molecular weight excluding hydrogens is 1220 g/mol. The lowest BCUT2D eigenvalue weighted by molar-refractivity contribution is 0.469. The Morgan fingerprint density at radius 1 is 0.378 bits per heavy atom. The minimum atomic E-state index is 0.141. The van der Waals surface area contributed by atoms with E-state index >= 15 is 0 Å². The molecule has 0 spiro atoms.